The molecule has 4 heteroatoms. The zero-order valence-corrected chi connectivity index (χ0v) is 11.2. The molecule has 1 unspecified atom stereocenters. The number of rotatable bonds is 5. The third kappa shape index (κ3) is 2.71. The minimum absolute atomic E-state index is 0.171. The second kappa shape index (κ2) is 6.27. The van der Waals surface area contributed by atoms with Gasteiger partial charge in [-0.25, -0.2) is 0 Å². The summed E-state index contributed by atoms with van der Waals surface area (Å²) in [5.41, 5.74) is 1.00. The number of nitrogens with one attached hydrogen (secondary N) is 1. The van der Waals surface area contributed by atoms with E-state index in [4.69, 9.17) is 9.47 Å². The van der Waals surface area contributed by atoms with Gasteiger partial charge in [-0.05, 0) is 18.2 Å². The second-order valence-corrected chi connectivity index (χ2v) is 4.66. The lowest BCUT2D eigenvalue weighted by molar-refractivity contribution is -0.111. The zero-order valence-electron chi connectivity index (χ0n) is 11.2. The monoisotopic (exact) mass is 250 g/mol. The van der Waals surface area contributed by atoms with Crippen LogP contribution in [0.4, 0.5) is 0 Å². The fourth-order valence-corrected chi connectivity index (χ4v) is 2.69. The molecule has 0 bridgehead atoms. The maximum Gasteiger partial charge on any atom is 0.0916 e. The highest BCUT2D eigenvalue weighted by Crippen LogP contribution is 2.37. The van der Waals surface area contributed by atoms with Gasteiger partial charge in [0.15, 0.2) is 0 Å². The smallest absolute Gasteiger partial charge is 0.0916 e. The van der Waals surface area contributed by atoms with Crippen LogP contribution >= 0.6 is 0 Å². The van der Waals surface area contributed by atoms with Crippen molar-refractivity contribution in [2.75, 3.05) is 26.9 Å². The maximum atomic E-state index is 5.88. The van der Waals surface area contributed by atoms with Gasteiger partial charge >= 0.3 is 0 Å². The second-order valence-electron chi connectivity index (χ2n) is 4.66. The standard InChI is InChI=1S/C14H22N2O2/c1-3-16-13(12-5-4-8-15-11-12)14(17-2)6-9-18-10-7-14/h4-5,8,11,13,16H,3,6-7,9-10H2,1-2H3. The quantitative estimate of drug-likeness (QED) is 0.867. The van der Waals surface area contributed by atoms with Crippen molar-refractivity contribution in [2.45, 2.75) is 31.4 Å². The summed E-state index contributed by atoms with van der Waals surface area (Å²) in [4.78, 5) is 4.22. The molecule has 0 aliphatic carbocycles. The number of nitrogens with zero attached hydrogens (tertiary/aromatic N) is 1. The van der Waals surface area contributed by atoms with Crippen LogP contribution in [-0.4, -0.2) is 37.5 Å². The first-order chi connectivity index (χ1) is 8.82. The Hall–Kier alpha value is -0.970. The molecule has 0 amide bonds. The Morgan fingerprint density at radius 1 is 1.50 bits per heavy atom. The lowest BCUT2D eigenvalue weighted by Gasteiger charge is -2.42. The molecule has 1 N–H and O–H groups in total. The van der Waals surface area contributed by atoms with E-state index in [1.165, 1.54) is 5.56 Å². The van der Waals surface area contributed by atoms with Gasteiger partial charge in [0.05, 0.1) is 11.6 Å². The van der Waals surface area contributed by atoms with Gasteiger partial charge in [0.1, 0.15) is 0 Å². The normalized spacial score (nSPS) is 20.6. The van der Waals surface area contributed by atoms with Crippen molar-refractivity contribution in [3.63, 3.8) is 0 Å². The van der Waals surface area contributed by atoms with Gasteiger partial charge in [-0.1, -0.05) is 13.0 Å². The molecule has 0 aromatic carbocycles. The Balaban J connectivity index is 2.27. The van der Waals surface area contributed by atoms with Crippen molar-refractivity contribution >= 4 is 0 Å². The number of ether oxygens (including phenoxy) is 2. The molecular weight excluding hydrogens is 228 g/mol. The first kappa shape index (κ1) is 13.5. The molecule has 18 heavy (non-hydrogen) atoms. The summed E-state index contributed by atoms with van der Waals surface area (Å²) in [6.45, 7) is 4.55. The molecule has 1 aliphatic heterocycles. The molecule has 2 rings (SSSR count). The van der Waals surface area contributed by atoms with E-state index in [1.807, 2.05) is 12.3 Å². The van der Waals surface area contributed by atoms with Gasteiger partial charge in [0.2, 0.25) is 0 Å². The van der Waals surface area contributed by atoms with Crippen LogP contribution in [0.5, 0.6) is 0 Å². The van der Waals surface area contributed by atoms with E-state index in [1.54, 1.807) is 13.3 Å². The average molecular weight is 250 g/mol. The number of methoxy groups -OCH3 is 1. The lowest BCUT2D eigenvalue weighted by atomic mass is 9.82. The molecule has 1 saturated heterocycles. The van der Waals surface area contributed by atoms with Gasteiger partial charge in [-0.2, -0.15) is 0 Å². The largest absolute Gasteiger partial charge is 0.381 e. The minimum Gasteiger partial charge on any atom is -0.381 e. The summed E-state index contributed by atoms with van der Waals surface area (Å²) >= 11 is 0. The van der Waals surface area contributed by atoms with Crippen molar-refractivity contribution in [3.8, 4) is 0 Å². The average Bonchev–Trinajstić information content (AvgIpc) is 2.46. The first-order valence-corrected chi connectivity index (χ1v) is 6.58. The van der Waals surface area contributed by atoms with Crippen molar-refractivity contribution in [1.82, 2.24) is 10.3 Å². The highest BCUT2D eigenvalue weighted by atomic mass is 16.5. The van der Waals surface area contributed by atoms with Crippen molar-refractivity contribution in [2.24, 2.45) is 0 Å². The first-order valence-electron chi connectivity index (χ1n) is 6.58. The Morgan fingerprint density at radius 2 is 2.28 bits per heavy atom. The molecule has 1 aromatic rings. The van der Waals surface area contributed by atoms with E-state index in [0.29, 0.717) is 0 Å². The molecule has 4 nitrogen and oxygen atoms in total. The summed E-state index contributed by atoms with van der Waals surface area (Å²) in [6.07, 6.45) is 5.55. The van der Waals surface area contributed by atoms with Crippen molar-refractivity contribution < 1.29 is 9.47 Å². The van der Waals surface area contributed by atoms with Crippen LogP contribution in [-0.2, 0) is 9.47 Å². The predicted molar refractivity (Wildman–Crippen MR) is 70.4 cm³/mol. The third-order valence-corrected chi connectivity index (χ3v) is 3.70. The van der Waals surface area contributed by atoms with E-state index >= 15 is 0 Å². The van der Waals surface area contributed by atoms with Crippen LogP contribution in [0.3, 0.4) is 0 Å². The van der Waals surface area contributed by atoms with Gasteiger partial charge in [0, 0.05) is 45.6 Å². The third-order valence-electron chi connectivity index (χ3n) is 3.70. The fraction of sp³-hybridized carbons (Fsp3) is 0.643. The van der Waals surface area contributed by atoms with Gasteiger partial charge in [-0.3, -0.25) is 4.98 Å². The lowest BCUT2D eigenvalue weighted by Crippen LogP contribution is -2.49. The Bertz CT molecular complexity index is 350. The van der Waals surface area contributed by atoms with E-state index in [-0.39, 0.29) is 11.6 Å². The topological polar surface area (TPSA) is 43.4 Å². The van der Waals surface area contributed by atoms with Gasteiger partial charge in [0.25, 0.3) is 0 Å². The van der Waals surface area contributed by atoms with Gasteiger partial charge in [-0.15, -0.1) is 0 Å². The summed E-state index contributed by atoms with van der Waals surface area (Å²) in [6, 6.07) is 4.25. The summed E-state index contributed by atoms with van der Waals surface area (Å²) in [5, 5.41) is 3.54. The molecule has 1 aromatic heterocycles. The van der Waals surface area contributed by atoms with Crippen LogP contribution in [0.2, 0.25) is 0 Å². The van der Waals surface area contributed by atoms with Crippen LogP contribution in [0.1, 0.15) is 31.4 Å². The SMILES string of the molecule is CCNC(c1cccnc1)C1(OC)CCOCC1. The molecule has 1 aliphatic rings. The van der Waals surface area contributed by atoms with Crippen LogP contribution < -0.4 is 5.32 Å². The number of aromatic nitrogens is 1. The van der Waals surface area contributed by atoms with E-state index in [0.717, 1.165) is 32.6 Å². The Morgan fingerprint density at radius 3 is 2.83 bits per heavy atom. The number of hydrogen-bond acceptors (Lipinski definition) is 4. The highest BCUT2D eigenvalue weighted by molar-refractivity contribution is 5.19. The Labute approximate surface area is 109 Å². The number of hydrogen-bond donors (Lipinski definition) is 1. The molecular formula is C14H22N2O2. The van der Waals surface area contributed by atoms with Crippen LogP contribution in [0, 0.1) is 0 Å². The molecule has 100 valence electrons. The molecule has 0 saturated carbocycles. The summed E-state index contributed by atoms with van der Waals surface area (Å²) < 4.78 is 11.3. The number of likely N-dealkylation sites (N-methyl/N-ethyl adjacent to an activating group) is 1. The van der Waals surface area contributed by atoms with Crippen molar-refractivity contribution in [3.05, 3.63) is 30.1 Å². The number of pyridine rings is 1. The van der Waals surface area contributed by atoms with Gasteiger partial charge < -0.3 is 14.8 Å². The summed E-state index contributed by atoms with van der Waals surface area (Å²) in [7, 11) is 1.80. The maximum absolute atomic E-state index is 5.88. The minimum atomic E-state index is -0.183. The predicted octanol–water partition coefficient (Wildman–Crippen LogP) is 1.93. The summed E-state index contributed by atoms with van der Waals surface area (Å²) in [5.74, 6) is 0. The van der Waals surface area contributed by atoms with E-state index < -0.39 is 0 Å². The molecule has 1 fully saturated rings. The van der Waals surface area contributed by atoms with Crippen molar-refractivity contribution in [1.29, 1.82) is 0 Å². The van der Waals surface area contributed by atoms with Crippen LogP contribution in [0.15, 0.2) is 24.5 Å². The Kier molecular flexibility index (Phi) is 4.69. The zero-order chi connectivity index (χ0) is 12.8. The molecule has 0 spiro atoms. The van der Waals surface area contributed by atoms with Crippen LogP contribution in [0.25, 0.3) is 0 Å². The van der Waals surface area contributed by atoms with E-state index in [9.17, 15) is 0 Å². The van der Waals surface area contributed by atoms with E-state index in [2.05, 4.69) is 23.3 Å². The molecule has 1 atom stereocenters. The highest BCUT2D eigenvalue weighted by Gasteiger charge is 2.41. The molecule has 0 radical (unpaired) electrons. The fourth-order valence-electron chi connectivity index (χ4n) is 2.69. The molecule has 2 heterocycles.